The minimum Gasteiger partial charge on any atom is -0.373 e. The van der Waals surface area contributed by atoms with E-state index in [1.54, 1.807) is 18.9 Å². The third-order valence-corrected chi connectivity index (χ3v) is 5.66. The third-order valence-electron chi connectivity index (χ3n) is 5.66. The molecule has 3 amide bonds. The van der Waals surface area contributed by atoms with Crippen LogP contribution < -0.4 is 5.73 Å². The lowest BCUT2D eigenvalue weighted by Gasteiger charge is -2.33. The molecule has 2 N–H and O–H groups in total. The van der Waals surface area contributed by atoms with Gasteiger partial charge in [0.15, 0.2) is 0 Å². The molecule has 3 aliphatic heterocycles. The van der Waals surface area contributed by atoms with E-state index in [2.05, 4.69) is 0 Å². The van der Waals surface area contributed by atoms with Gasteiger partial charge >= 0.3 is 0 Å². The number of amides is 3. The van der Waals surface area contributed by atoms with Crippen molar-refractivity contribution in [2.24, 2.45) is 23.0 Å². The zero-order chi connectivity index (χ0) is 17.8. The predicted octanol–water partition coefficient (Wildman–Crippen LogP) is 0.402. The van der Waals surface area contributed by atoms with Crippen LogP contribution in [0.4, 0.5) is 0 Å². The van der Waals surface area contributed by atoms with Crippen LogP contribution in [-0.2, 0) is 19.1 Å². The minimum absolute atomic E-state index is 0. The summed E-state index contributed by atoms with van der Waals surface area (Å²) in [6.07, 6.45) is 1.34. The minimum atomic E-state index is -0.784. The number of carbonyl (C=O) groups is 3. The quantitative estimate of drug-likeness (QED) is 0.704. The number of likely N-dealkylation sites (tertiary alicyclic amines) is 1. The monoisotopic (exact) mass is 373 g/mol. The molecule has 5 atom stereocenters. The second kappa shape index (κ2) is 6.85. The van der Waals surface area contributed by atoms with E-state index in [1.165, 1.54) is 4.90 Å². The first-order valence-corrected chi connectivity index (χ1v) is 8.65. The van der Waals surface area contributed by atoms with Crippen LogP contribution >= 0.6 is 12.4 Å². The van der Waals surface area contributed by atoms with Gasteiger partial charge in [0.1, 0.15) is 6.04 Å². The number of halogens is 1. The van der Waals surface area contributed by atoms with Gasteiger partial charge in [-0.2, -0.15) is 0 Å². The standard InChI is InChI=1S/C17H27N3O4.ClH/c1-9(14(21)19(4)8-17(2,3)7-18)20-15(22)12-10-5-6-11(24-10)13(12)16(20)23;/h9-13H,5-8,18H2,1-4H3;1H. The summed E-state index contributed by atoms with van der Waals surface area (Å²) in [5.41, 5.74) is 5.51. The van der Waals surface area contributed by atoms with Gasteiger partial charge in [-0.15, -0.1) is 12.4 Å². The van der Waals surface area contributed by atoms with Crippen molar-refractivity contribution in [3.8, 4) is 0 Å². The Labute approximate surface area is 154 Å². The fourth-order valence-corrected chi connectivity index (χ4v) is 4.33. The van der Waals surface area contributed by atoms with Crippen molar-refractivity contribution in [2.75, 3.05) is 20.1 Å². The Morgan fingerprint density at radius 2 is 1.76 bits per heavy atom. The first-order valence-electron chi connectivity index (χ1n) is 8.65. The van der Waals surface area contributed by atoms with E-state index in [0.717, 1.165) is 12.8 Å². The number of rotatable bonds is 5. The summed E-state index contributed by atoms with van der Waals surface area (Å²) in [6.45, 7) is 6.52. The SMILES string of the molecule is CC(C(=O)N(C)CC(C)(C)CN)N1C(=O)C2C3CCC(O3)C2C1=O.Cl. The van der Waals surface area contributed by atoms with Crippen molar-refractivity contribution in [3.05, 3.63) is 0 Å². The molecule has 7 nitrogen and oxygen atoms in total. The van der Waals surface area contributed by atoms with E-state index in [1.807, 2.05) is 13.8 Å². The Bertz CT molecular complexity index is 554. The second-order valence-corrected chi connectivity index (χ2v) is 8.13. The van der Waals surface area contributed by atoms with E-state index in [9.17, 15) is 14.4 Å². The normalized spacial score (nSPS) is 31.8. The van der Waals surface area contributed by atoms with Gasteiger partial charge in [0.05, 0.1) is 24.0 Å². The van der Waals surface area contributed by atoms with Crippen molar-refractivity contribution in [3.63, 3.8) is 0 Å². The van der Waals surface area contributed by atoms with Crippen LogP contribution in [0.15, 0.2) is 0 Å². The largest absolute Gasteiger partial charge is 0.373 e. The van der Waals surface area contributed by atoms with Gasteiger partial charge in [0.25, 0.3) is 0 Å². The molecule has 0 saturated carbocycles. The molecule has 0 radical (unpaired) electrons. The van der Waals surface area contributed by atoms with E-state index < -0.39 is 17.9 Å². The highest BCUT2D eigenvalue weighted by Crippen LogP contribution is 2.48. The molecule has 0 aromatic rings. The smallest absolute Gasteiger partial charge is 0.245 e. The number of carbonyl (C=O) groups excluding carboxylic acids is 3. The molecular weight excluding hydrogens is 346 g/mol. The number of fused-ring (bicyclic) bond motifs is 5. The van der Waals surface area contributed by atoms with Gasteiger partial charge in [-0.25, -0.2) is 0 Å². The lowest BCUT2D eigenvalue weighted by Crippen LogP contribution is -2.51. The Kier molecular flexibility index (Phi) is 5.52. The zero-order valence-corrected chi connectivity index (χ0v) is 16.0. The third kappa shape index (κ3) is 3.17. The lowest BCUT2D eigenvalue weighted by atomic mass is 9.81. The first-order chi connectivity index (χ1) is 11.2. The average molecular weight is 374 g/mol. The summed E-state index contributed by atoms with van der Waals surface area (Å²) in [6, 6.07) is -0.784. The van der Waals surface area contributed by atoms with E-state index >= 15 is 0 Å². The number of ether oxygens (including phenoxy) is 1. The van der Waals surface area contributed by atoms with Crippen LogP contribution in [0.25, 0.3) is 0 Å². The Morgan fingerprint density at radius 3 is 2.20 bits per heavy atom. The summed E-state index contributed by atoms with van der Waals surface area (Å²) in [5.74, 6) is -1.50. The summed E-state index contributed by atoms with van der Waals surface area (Å²) >= 11 is 0. The van der Waals surface area contributed by atoms with Crippen LogP contribution in [0.3, 0.4) is 0 Å². The molecule has 0 aromatic heterocycles. The van der Waals surface area contributed by atoms with Crippen LogP contribution in [-0.4, -0.2) is 65.9 Å². The van der Waals surface area contributed by atoms with Gasteiger partial charge in [0.2, 0.25) is 17.7 Å². The van der Waals surface area contributed by atoms with Gasteiger partial charge in [-0.3, -0.25) is 19.3 Å². The van der Waals surface area contributed by atoms with Crippen molar-refractivity contribution >= 4 is 30.1 Å². The highest BCUT2D eigenvalue weighted by atomic mass is 35.5. The second-order valence-electron chi connectivity index (χ2n) is 8.13. The number of hydrogen-bond acceptors (Lipinski definition) is 5. The molecular formula is C17H28ClN3O4. The van der Waals surface area contributed by atoms with Crippen molar-refractivity contribution < 1.29 is 19.1 Å². The van der Waals surface area contributed by atoms with Gasteiger partial charge in [-0.1, -0.05) is 13.8 Å². The maximum Gasteiger partial charge on any atom is 0.245 e. The average Bonchev–Trinajstić information content (AvgIpc) is 3.19. The number of nitrogens with zero attached hydrogens (tertiary/aromatic N) is 2. The van der Waals surface area contributed by atoms with Gasteiger partial charge < -0.3 is 15.4 Å². The Morgan fingerprint density at radius 1 is 1.28 bits per heavy atom. The summed E-state index contributed by atoms with van der Waals surface area (Å²) in [5, 5.41) is 0. The van der Waals surface area contributed by atoms with Crippen LogP contribution in [0, 0.1) is 17.3 Å². The molecule has 8 heteroatoms. The summed E-state index contributed by atoms with van der Waals surface area (Å²) in [4.78, 5) is 40.9. The van der Waals surface area contributed by atoms with E-state index in [-0.39, 0.29) is 47.8 Å². The molecule has 2 bridgehead atoms. The maximum absolute atomic E-state index is 12.7. The molecule has 0 aromatic carbocycles. The van der Waals surface area contributed by atoms with Crippen LogP contribution in [0.2, 0.25) is 0 Å². The van der Waals surface area contributed by atoms with Crippen LogP contribution in [0.1, 0.15) is 33.6 Å². The van der Waals surface area contributed by atoms with Crippen LogP contribution in [0.5, 0.6) is 0 Å². The van der Waals surface area contributed by atoms with E-state index in [0.29, 0.717) is 13.1 Å². The molecule has 25 heavy (non-hydrogen) atoms. The predicted molar refractivity (Wildman–Crippen MR) is 93.9 cm³/mol. The molecule has 3 heterocycles. The maximum atomic E-state index is 12.7. The first kappa shape index (κ1) is 20.1. The number of imide groups is 1. The number of nitrogens with two attached hydrogens (primary N) is 1. The molecule has 3 saturated heterocycles. The lowest BCUT2D eigenvalue weighted by molar-refractivity contribution is -0.152. The molecule has 142 valence electrons. The van der Waals surface area contributed by atoms with Crippen molar-refractivity contribution in [1.29, 1.82) is 0 Å². The van der Waals surface area contributed by atoms with Crippen molar-refractivity contribution in [2.45, 2.75) is 51.9 Å². The molecule has 3 rings (SSSR count). The topological polar surface area (TPSA) is 92.9 Å². The Balaban J connectivity index is 0.00000225. The molecule has 5 unspecified atom stereocenters. The van der Waals surface area contributed by atoms with Crippen molar-refractivity contribution in [1.82, 2.24) is 9.80 Å². The summed E-state index contributed by atoms with van der Waals surface area (Å²) in [7, 11) is 1.69. The molecule has 3 aliphatic rings. The fourth-order valence-electron chi connectivity index (χ4n) is 4.33. The number of hydrogen-bond donors (Lipinski definition) is 1. The van der Waals surface area contributed by atoms with Gasteiger partial charge in [-0.05, 0) is 31.7 Å². The summed E-state index contributed by atoms with van der Waals surface area (Å²) < 4.78 is 5.72. The van der Waals surface area contributed by atoms with Gasteiger partial charge in [0, 0.05) is 13.6 Å². The molecule has 3 fully saturated rings. The fraction of sp³-hybridized carbons (Fsp3) is 0.824. The highest BCUT2D eigenvalue weighted by molar-refractivity contribution is 6.09. The van der Waals surface area contributed by atoms with E-state index in [4.69, 9.17) is 10.5 Å². The highest BCUT2D eigenvalue weighted by Gasteiger charge is 2.63. The molecule has 0 spiro atoms. The number of likely N-dealkylation sites (N-methyl/N-ethyl adjacent to an activating group) is 1. The zero-order valence-electron chi connectivity index (χ0n) is 15.2. The molecule has 0 aliphatic carbocycles. The Hall–Kier alpha value is -1.18.